The van der Waals surface area contributed by atoms with Gasteiger partial charge >= 0.3 is 0 Å². The van der Waals surface area contributed by atoms with Gasteiger partial charge in [0.05, 0.1) is 5.69 Å². The third kappa shape index (κ3) is 4.39. The average molecular weight is 329 g/mol. The molecule has 1 N–H and O–H groups in total. The molecule has 5 heteroatoms. The van der Waals surface area contributed by atoms with E-state index in [0.29, 0.717) is 10.7 Å². The second-order valence-corrected chi connectivity index (χ2v) is 7.46. The topological polar surface area (TPSA) is 45.2 Å². The quantitative estimate of drug-likeness (QED) is 0.926. The summed E-state index contributed by atoms with van der Waals surface area (Å²) in [6.45, 7) is 7.76. The molecule has 0 aliphatic carbocycles. The summed E-state index contributed by atoms with van der Waals surface area (Å²) in [5.74, 6) is 1.39. The number of thiazole rings is 1. The van der Waals surface area contributed by atoms with Crippen molar-refractivity contribution in [2.75, 3.05) is 18.4 Å². The lowest BCUT2D eigenvalue weighted by molar-refractivity contribution is 0.102. The first-order valence-corrected chi connectivity index (χ1v) is 9.01. The summed E-state index contributed by atoms with van der Waals surface area (Å²) >= 11 is 1.49. The Bertz CT molecular complexity index is 645. The molecule has 1 aromatic carbocycles. The Hall–Kier alpha value is -1.72. The van der Waals surface area contributed by atoms with Gasteiger partial charge in [0, 0.05) is 30.6 Å². The lowest BCUT2D eigenvalue weighted by Gasteiger charge is -2.34. The first-order chi connectivity index (χ1) is 11.1. The Balaban J connectivity index is 1.59. The molecule has 1 fully saturated rings. The Kier molecular flexibility index (Phi) is 5.08. The van der Waals surface area contributed by atoms with Crippen molar-refractivity contribution in [3.05, 3.63) is 47.0 Å². The first-order valence-electron chi connectivity index (χ1n) is 8.13. The zero-order valence-electron chi connectivity index (χ0n) is 13.7. The molecule has 0 spiro atoms. The minimum Gasteiger partial charge on any atom is -0.298 e. The Labute approximate surface area is 141 Å². The van der Waals surface area contributed by atoms with Crippen molar-refractivity contribution in [2.45, 2.75) is 26.8 Å². The summed E-state index contributed by atoms with van der Waals surface area (Å²) in [5.41, 5.74) is 1.70. The zero-order chi connectivity index (χ0) is 16.2. The molecule has 1 aliphatic rings. The van der Waals surface area contributed by atoms with Crippen LogP contribution in [0.2, 0.25) is 0 Å². The number of nitrogens with one attached hydrogen (secondary N) is 1. The highest BCUT2D eigenvalue weighted by Crippen LogP contribution is 2.24. The second kappa shape index (κ2) is 7.23. The smallest absolute Gasteiger partial charge is 0.257 e. The lowest BCUT2D eigenvalue weighted by Crippen LogP contribution is -2.38. The van der Waals surface area contributed by atoms with Gasteiger partial charge in [-0.25, -0.2) is 4.98 Å². The molecular weight excluding hydrogens is 306 g/mol. The number of piperidine rings is 1. The molecule has 0 radical (unpaired) electrons. The molecule has 3 rings (SSSR count). The van der Waals surface area contributed by atoms with Crippen molar-refractivity contribution < 1.29 is 4.79 Å². The van der Waals surface area contributed by atoms with E-state index in [4.69, 9.17) is 0 Å². The largest absolute Gasteiger partial charge is 0.298 e. The maximum atomic E-state index is 12.1. The van der Waals surface area contributed by atoms with Gasteiger partial charge in [-0.2, -0.15) is 0 Å². The van der Waals surface area contributed by atoms with E-state index in [9.17, 15) is 4.79 Å². The van der Waals surface area contributed by atoms with E-state index in [0.717, 1.165) is 37.2 Å². The number of benzene rings is 1. The van der Waals surface area contributed by atoms with Crippen LogP contribution in [0.3, 0.4) is 0 Å². The molecule has 1 amide bonds. The fraction of sp³-hybridized carbons (Fsp3) is 0.444. The van der Waals surface area contributed by atoms with Crippen LogP contribution in [0.15, 0.2) is 35.7 Å². The van der Waals surface area contributed by atoms with E-state index in [2.05, 4.69) is 29.0 Å². The first kappa shape index (κ1) is 16.1. The number of carbonyl (C=O) groups is 1. The van der Waals surface area contributed by atoms with Gasteiger partial charge in [0.25, 0.3) is 5.91 Å². The molecule has 0 bridgehead atoms. The van der Waals surface area contributed by atoms with Crippen molar-refractivity contribution >= 4 is 22.4 Å². The van der Waals surface area contributed by atoms with E-state index >= 15 is 0 Å². The highest BCUT2D eigenvalue weighted by Gasteiger charge is 2.22. The normalized spacial score (nSPS) is 22.0. The van der Waals surface area contributed by atoms with Gasteiger partial charge in [-0.05, 0) is 30.4 Å². The monoisotopic (exact) mass is 329 g/mol. The predicted molar refractivity (Wildman–Crippen MR) is 94.7 cm³/mol. The molecule has 1 saturated heterocycles. The van der Waals surface area contributed by atoms with Crippen LogP contribution in [0.5, 0.6) is 0 Å². The van der Waals surface area contributed by atoms with Crippen LogP contribution in [0, 0.1) is 11.8 Å². The summed E-state index contributed by atoms with van der Waals surface area (Å²) in [5, 5.41) is 5.60. The third-order valence-corrected chi connectivity index (χ3v) is 4.94. The second-order valence-electron chi connectivity index (χ2n) is 6.60. The van der Waals surface area contributed by atoms with Crippen LogP contribution in [0.1, 0.15) is 36.3 Å². The molecule has 0 saturated carbocycles. The van der Waals surface area contributed by atoms with Gasteiger partial charge in [0.15, 0.2) is 5.13 Å². The number of amides is 1. The Morgan fingerprint density at radius 1 is 1.26 bits per heavy atom. The van der Waals surface area contributed by atoms with Gasteiger partial charge in [-0.15, -0.1) is 11.3 Å². The number of anilines is 1. The fourth-order valence-corrected chi connectivity index (χ4v) is 4.04. The van der Waals surface area contributed by atoms with Gasteiger partial charge in [0.1, 0.15) is 0 Å². The molecule has 4 nitrogen and oxygen atoms in total. The van der Waals surface area contributed by atoms with E-state index in [-0.39, 0.29) is 5.91 Å². The summed E-state index contributed by atoms with van der Waals surface area (Å²) in [4.78, 5) is 19.2. The fourth-order valence-electron chi connectivity index (χ4n) is 3.35. The minimum absolute atomic E-state index is 0.105. The summed E-state index contributed by atoms with van der Waals surface area (Å²) in [6.07, 6.45) is 1.31. The van der Waals surface area contributed by atoms with E-state index in [1.165, 1.54) is 17.8 Å². The van der Waals surface area contributed by atoms with Gasteiger partial charge < -0.3 is 0 Å². The van der Waals surface area contributed by atoms with Crippen LogP contribution in [0.4, 0.5) is 5.13 Å². The highest BCUT2D eigenvalue weighted by molar-refractivity contribution is 7.13. The van der Waals surface area contributed by atoms with Crippen molar-refractivity contribution in [1.29, 1.82) is 0 Å². The lowest BCUT2D eigenvalue weighted by atomic mass is 9.92. The minimum atomic E-state index is -0.105. The van der Waals surface area contributed by atoms with Crippen LogP contribution in [-0.4, -0.2) is 28.9 Å². The number of nitrogens with zero attached hydrogens (tertiary/aromatic N) is 2. The molecule has 0 unspecified atom stereocenters. The summed E-state index contributed by atoms with van der Waals surface area (Å²) in [6, 6.07) is 9.24. The molecule has 2 atom stereocenters. The molecule has 122 valence electrons. The summed E-state index contributed by atoms with van der Waals surface area (Å²) < 4.78 is 0. The van der Waals surface area contributed by atoms with Gasteiger partial charge in [-0.1, -0.05) is 32.0 Å². The number of hydrogen-bond acceptors (Lipinski definition) is 4. The van der Waals surface area contributed by atoms with Crippen LogP contribution in [0.25, 0.3) is 0 Å². The standard InChI is InChI=1S/C18H23N3OS/c1-13-8-14(2)10-21(9-13)11-16-12-23-18(19-16)20-17(22)15-6-4-3-5-7-15/h3-7,12-14H,8-11H2,1-2H3,(H,19,20,22)/t13-,14-/m0/s1. The molecule has 2 aromatic rings. The SMILES string of the molecule is C[C@H]1C[C@H](C)CN(Cc2csc(NC(=O)c3ccccc3)n2)C1. The maximum absolute atomic E-state index is 12.1. The average Bonchev–Trinajstić information content (AvgIpc) is 2.94. The van der Waals surface area contributed by atoms with Crippen molar-refractivity contribution in [3.63, 3.8) is 0 Å². The molecule has 1 aliphatic heterocycles. The summed E-state index contributed by atoms with van der Waals surface area (Å²) in [7, 11) is 0. The molecular formula is C18H23N3OS. The molecule has 1 aromatic heterocycles. The number of hydrogen-bond donors (Lipinski definition) is 1. The van der Waals surface area contributed by atoms with Crippen LogP contribution >= 0.6 is 11.3 Å². The third-order valence-electron chi connectivity index (χ3n) is 4.14. The van der Waals surface area contributed by atoms with Crippen LogP contribution < -0.4 is 5.32 Å². The van der Waals surface area contributed by atoms with Crippen LogP contribution in [-0.2, 0) is 6.54 Å². The van der Waals surface area contributed by atoms with Gasteiger partial charge in [-0.3, -0.25) is 15.0 Å². The number of aromatic nitrogens is 1. The maximum Gasteiger partial charge on any atom is 0.257 e. The van der Waals surface area contributed by atoms with E-state index in [1.54, 1.807) is 12.1 Å². The molecule has 2 heterocycles. The zero-order valence-corrected chi connectivity index (χ0v) is 14.5. The van der Waals surface area contributed by atoms with Crippen molar-refractivity contribution in [1.82, 2.24) is 9.88 Å². The highest BCUT2D eigenvalue weighted by atomic mass is 32.1. The van der Waals surface area contributed by atoms with E-state index in [1.807, 2.05) is 23.6 Å². The Morgan fingerprint density at radius 2 is 1.96 bits per heavy atom. The van der Waals surface area contributed by atoms with Crippen molar-refractivity contribution in [3.8, 4) is 0 Å². The van der Waals surface area contributed by atoms with E-state index < -0.39 is 0 Å². The number of rotatable bonds is 4. The van der Waals surface area contributed by atoms with Gasteiger partial charge in [0.2, 0.25) is 0 Å². The predicted octanol–water partition coefficient (Wildman–Crippen LogP) is 3.87. The Morgan fingerprint density at radius 3 is 2.65 bits per heavy atom. The molecule has 23 heavy (non-hydrogen) atoms. The number of carbonyl (C=O) groups excluding carboxylic acids is 1. The van der Waals surface area contributed by atoms with Crippen molar-refractivity contribution in [2.24, 2.45) is 11.8 Å². The number of likely N-dealkylation sites (tertiary alicyclic amines) is 1.